The highest BCUT2D eigenvalue weighted by Crippen LogP contribution is 2.32. The number of thioether (sulfide) groups is 1. The lowest BCUT2D eigenvalue weighted by molar-refractivity contribution is 0.0867. The van der Waals surface area contributed by atoms with Crippen LogP contribution in [0.25, 0.3) is 0 Å². The Morgan fingerprint density at radius 1 is 1.37 bits per heavy atom. The summed E-state index contributed by atoms with van der Waals surface area (Å²) in [6.45, 7) is 4.27. The molecule has 3 unspecified atom stereocenters. The molecule has 3 rings (SSSR count). The van der Waals surface area contributed by atoms with Gasteiger partial charge in [0.25, 0.3) is 0 Å². The Morgan fingerprint density at radius 2 is 2.26 bits per heavy atom. The first kappa shape index (κ1) is 13.5. The second kappa shape index (κ2) is 6.29. The number of rotatable bonds is 4. The summed E-state index contributed by atoms with van der Waals surface area (Å²) in [5.41, 5.74) is 3.01. The van der Waals surface area contributed by atoms with Crippen LogP contribution in [0.15, 0.2) is 24.3 Å². The van der Waals surface area contributed by atoms with Gasteiger partial charge in [0.15, 0.2) is 0 Å². The fourth-order valence-corrected chi connectivity index (χ4v) is 4.36. The molecule has 2 nitrogen and oxygen atoms in total. The lowest BCUT2D eigenvalue weighted by atomic mass is 9.97. The number of hydrogen-bond donors (Lipinski definition) is 1. The van der Waals surface area contributed by atoms with E-state index < -0.39 is 0 Å². The molecule has 0 saturated carbocycles. The van der Waals surface area contributed by atoms with Crippen molar-refractivity contribution in [1.29, 1.82) is 0 Å². The zero-order valence-corrected chi connectivity index (χ0v) is 12.4. The van der Waals surface area contributed by atoms with Gasteiger partial charge in [0.05, 0.1) is 6.10 Å². The van der Waals surface area contributed by atoms with Crippen molar-refractivity contribution >= 4 is 11.8 Å². The molecule has 3 heteroatoms. The van der Waals surface area contributed by atoms with E-state index in [1.807, 2.05) is 11.8 Å². The van der Waals surface area contributed by atoms with Gasteiger partial charge < -0.3 is 10.1 Å². The van der Waals surface area contributed by atoms with Crippen molar-refractivity contribution in [2.24, 2.45) is 5.92 Å². The fraction of sp³-hybridized carbons (Fsp3) is 0.625. The van der Waals surface area contributed by atoms with E-state index in [-0.39, 0.29) is 0 Å². The van der Waals surface area contributed by atoms with Crippen molar-refractivity contribution < 1.29 is 4.74 Å². The van der Waals surface area contributed by atoms with Gasteiger partial charge in [0, 0.05) is 30.7 Å². The summed E-state index contributed by atoms with van der Waals surface area (Å²) in [7, 11) is 0. The molecule has 0 spiro atoms. The first-order valence-corrected chi connectivity index (χ1v) is 8.54. The number of hydrogen-bond acceptors (Lipinski definition) is 3. The van der Waals surface area contributed by atoms with E-state index in [2.05, 4.69) is 36.5 Å². The number of ether oxygens (including phenoxy) is 1. The Morgan fingerprint density at radius 3 is 3.16 bits per heavy atom. The largest absolute Gasteiger partial charge is 0.378 e. The standard InChI is InChI=1S/C16H23NOS/c1-2-16-12(7-8-18-16)9-17-15-11-19-10-13-5-3-4-6-14(13)15/h3-6,12,15-17H,2,7-11H2,1H3. The fourth-order valence-electron chi connectivity index (χ4n) is 3.22. The zero-order chi connectivity index (χ0) is 13.1. The van der Waals surface area contributed by atoms with E-state index >= 15 is 0 Å². The molecule has 104 valence electrons. The molecular formula is C16H23NOS. The van der Waals surface area contributed by atoms with Crippen LogP contribution < -0.4 is 5.32 Å². The molecule has 1 fully saturated rings. The molecule has 0 radical (unpaired) electrons. The van der Waals surface area contributed by atoms with E-state index in [4.69, 9.17) is 4.74 Å². The highest BCUT2D eigenvalue weighted by atomic mass is 32.2. The molecule has 2 aliphatic rings. The monoisotopic (exact) mass is 277 g/mol. The Hall–Kier alpha value is -0.510. The topological polar surface area (TPSA) is 21.3 Å². The van der Waals surface area contributed by atoms with Crippen molar-refractivity contribution in [3.63, 3.8) is 0 Å². The second-order valence-electron chi connectivity index (χ2n) is 5.54. The van der Waals surface area contributed by atoms with Gasteiger partial charge in [-0.2, -0.15) is 11.8 Å². The average Bonchev–Trinajstić information content (AvgIpc) is 2.92. The van der Waals surface area contributed by atoms with Crippen LogP contribution in [0.4, 0.5) is 0 Å². The van der Waals surface area contributed by atoms with E-state index in [9.17, 15) is 0 Å². The summed E-state index contributed by atoms with van der Waals surface area (Å²) in [5, 5.41) is 3.78. The normalized spacial score (nSPS) is 30.3. The molecule has 19 heavy (non-hydrogen) atoms. The molecule has 1 saturated heterocycles. The highest BCUT2D eigenvalue weighted by Gasteiger charge is 2.28. The van der Waals surface area contributed by atoms with Crippen LogP contribution in [0.3, 0.4) is 0 Å². The van der Waals surface area contributed by atoms with Crippen LogP contribution in [0.5, 0.6) is 0 Å². The molecule has 3 atom stereocenters. The van der Waals surface area contributed by atoms with Crippen LogP contribution in [0.2, 0.25) is 0 Å². The first-order chi connectivity index (χ1) is 9.38. The van der Waals surface area contributed by atoms with E-state index in [1.165, 1.54) is 29.1 Å². The van der Waals surface area contributed by atoms with Gasteiger partial charge in [-0.1, -0.05) is 31.2 Å². The summed E-state index contributed by atoms with van der Waals surface area (Å²) in [4.78, 5) is 0. The first-order valence-electron chi connectivity index (χ1n) is 7.39. The maximum absolute atomic E-state index is 5.78. The predicted octanol–water partition coefficient (Wildman–Crippen LogP) is 3.38. The van der Waals surface area contributed by atoms with E-state index in [0.29, 0.717) is 18.1 Å². The van der Waals surface area contributed by atoms with Crippen LogP contribution in [-0.2, 0) is 10.5 Å². The van der Waals surface area contributed by atoms with Gasteiger partial charge in [0.1, 0.15) is 0 Å². The highest BCUT2D eigenvalue weighted by molar-refractivity contribution is 7.98. The number of benzene rings is 1. The second-order valence-corrected chi connectivity index (χ2v) is 6.57. The van der Waals surface area contributed by atoms with Crippen molar-refractivity contribution in [3.8, 4) is 0 Å². The lowest BCUT2D eigenvalue weighted by Crippen LogP contribution is -2.33. The Bertz CT molecular complexity index is 423. The lowest BCUT2D eigenvalue weighted by Gasteiger charge is -2.28. The summed E-state index contributed by atoms with van der Waals surface area (Å²) >= 11 is 2.04. The molecule has 1 N–H and O–H groups in total. The summed E-state index contributed by atoms with van der Waals surface area (Å²) in [6.07, 6.45) is 2.83. The minimum atomic E-state index is 0.471. The molecule has 0 aliphatic carbocycles. The molecule has 2 heterocycles. The van der Waals surface area contributed by atoms with Gasteiger partial charge in [-0.15, -0.1) is 0 Å². The van der Waals surface area contributed by atoms with Gasteiger partial charge in [-0.25, -0.2) is 0 Å². The van der Waals surface area contributed by atoms with Crippen molar-refractivity contribution in [2.75, 3.05) is 18.9 Å². The molecule has 0 bridgehead atoms. The van der Waals surface area contributed by atoms with Gasteiger partial charge >= 0.3 is 0 Å². The Balaban J connectivity index is 1.62. The summed E-state index contributed by atoms with van der Waals surface area (Å²) in [6, 6.07) is 9.39. The van der Waals surface area contributed by atoms with E-state index in [1.54, 1.807) is 0 Å². The average molecular weight is 277 g/mol. The minimum absolute atomic E-state index is 0.471. The summed E-state index contributed by atoms with van der Waals surface area (Å²) < 4.78 is 5.78. The summed E-state index contributed by atoms with van der Waals surface area (Å²) in [5.74, 6) is 3.06. The van der Waals surface area contributed by atoms with Crippen molar-refractivity contribution in [2.45, 2.75) is 37.7 Å². The van der Waals surface area contributed by atoms with Crippen LogP contribution in [0.1, 0.15) is 36.9 Å². The van der Waals surface area contributed by atoms with E-state index in [0.717, 1.165) is 19.6 Å². The Kier molecular flexibility index (Phi) is 4.46. The third-order valence-electron chi connectivity index (χ3n) is 4.35. The van der Waals surface area contributed by atoms with Gasteiger partial charge in [-0.3, -0.25) is 0 Å². The predicted molar refractivity (Wildman–Crippen MR) is 81.5 cm³/mol. The molecule has 1 aromatic carbocycles. The molecule has 0 amide bonds. The molecule has 2 aliphatic heterocycles. The number of nitrogens with one attached hydrogen (secondary N) is 1. The quantitative estimate of drug-likeness (QED) is 0.911. The third-order valence-corrected chi connectivity index (χ3v) is 5.43. The van der Waals surface area contributed by atoms with Crippen LogP contribution in [0, 0.1) is 5.92 Å². The molecular weight excluding hydrogens is 254 g/mol. The third kappa shape index (κ3) is 2.99. The zero-order valence-electron chi connectivity index (χ0n) is 11.6. The smallest absolute Gasteiger partial charge is 0.0613 e. The molecule has 1 aromatic rings. The van der Waals surface area contributed by atoms with Gasteiger partial charge in [0.2, 0.25) is 0 Å². The number of fused-ring (bicyclic) bond motifs is 1. The molecule has 0 aromatic heterocycles. The SMILES string of the molecule is CCC1OCCC1CNC1CSCc2ccccc21. The van der Waals surface area contributed by atoms with Crippen LogP contribution in [-0.4, -0.2) is 25.0 Å². The maximum Gasteiger partial charge on any atom is 0.0613 e. The van der Waals surface area contributed by atoms with Crippen molar-refractivity contribution in [1.82, 2.24) is 5.32 Å². The van der Waals surface area contributed by atoms with Crippen LogP contribution >= 0.6 is 11.8 Å². The Labute approximate surface area is 120 Å². The van der Waals surface area contributed by atoms with Gasteiger partial charge in [-0.05, 0) is 29.9 Å². The minimum Gasteiger partial charge on any atom is -0.378 e. The van der Waals surface area contributed by atoms with Crippen molar-refractivity contribution in [3.05, 3.63) is 35.4 Å². The maximum atomic E-state index is 5.78.